The van der Waals surface area contributed by atoms with E-state index >= 15 is 0 Å². The highest BCUT2D eigenvalue weighted by Crippen LogP contribution is 2.52. The Balaban J connectivity index is 1.62. The van der Waals surface area contributed by atoms with Crippen molar-refractivity contribution >= 4 is 23.6 Å². The normalized spacial score (nSPS) is 24.2. The minimum Gasteiger partial charge on any atom is -0.511 e. The summed E-state index contributed by atoms with van der Waals surface area (Å²) in [6.45, 7) is 0.127. The average Bonchev–Trinajstić information content (AvgIpc) is 3.33. The van der Waals surface area contributed by atoms with Crippen LogP contribution in [0.5, 0.6) is 5.75 Å². The summed E-state index contributed by atoms with van der Waals surface area (Å²) in [7, 11) is 2.80. The summed E-state index contributed by atoms with van der Waals surface area (Å²) in [5.41, 5.74) is 2.89. The van der Waals surface area contributed by atoms with Gasteiger partial charge in [0.15, 0.2) is 11.4 Å². The summed E-state index contributed by atoms with van der Waals surface area (Å²) in [5.74, 6) is -6.59. The molecule has 3 aliphatic carbocycles. The van der Waals surface area contributed by atoms with E-state index in [2.05, 4.69) is 0 Å². The molecule has 3 aliphatic rings. The molecule has 0 bridgehead atoms. The van der Waals surface area contributed by atoms with E-state index in [9.17, 15) is 39.6 Å². The lowest BCUT2D eigenvalue weighted by atomic mass is 9.60. The fraction of sp³-hybridized carbons (Fsp3) is 0.333. The predicted molar refractivity (Wildman–Crippen MR) is 132 cm³/mol. The molecule has 0 saturated heterocycles. The molecule has 6 N–H and O–H groups in total. The Morgan fingerprint density at radius 2 is 1.90 bits per heavy atom. The van der Waals surface area contributed by atoms with Crippen LogP contribution in [0.15, 0.2) is 51.5 Å². The maximum Gasteiger partial charge on any atom is 0.409 e. The predicted octanol–water partition coefficient (Wildman–Crippen LogP) is 2.04. The van der Waals surface area contributed by atoms with Crippen LogP contribution in [0.1, 0.15) is 34.3 Å². The number of benzene rings is 1. The molecular formula is C27H26N2O10. The van der Waals surface area contributed by atoms with Crippen LogP contribution < -0.4 is 5.73 Å². The van der Waals surface area contributed by atoms with Crippen LogP contribution in [0.25, 0.3) is 11.3 Å². The summed E-state index contributed by atoms with van der Waals surface area (Å²) in [4.78, 5) is 51.8. The van der Waals surface area contributed by atoms with Crippen LogP contribution in [0.3, 0.4) is 0 Å². The number of phenols is 1. The molecule has 1 aromatic heterocycles. The smallest absolute Gasteiger partial charge is 0.409 e. The zero-order valence-electron chi connectivity index (χ0n) is 21.1. The molecule has 39 heavy (non-hydrogen) atoms. The van der Waals surface area contributed by atoms with Gasteiger partial charge in [-0.15, -0.1) is 0 Å². The number of amides is 2. The molecule has 0 saturated carbocycles. The number of aromatic hydroxyl groups is 1. The first-order valence-electron chi connectivity index (χ1n) is 12.1. The molecule has 0 unspecified atom stereocenters. The minimum absolute atomic E-state index is 0.00804. The molecular weight excluding hydrogens is 512 g/mol. The van der Waals surface area contributed by atoms with E-state index in [1.165, 1.54) is 24.3 Å². The van der Waals surface area contributed by atoms with Crippen molar-refractivity contribution in [2.75, 3.05) is 14.2 Å². The van der Waals surface area contributed by atoms with Gasteiger partial charge in [-0.2, -0.15) is 0 Å². The number of hydrogen-bond acceptors (Lipinski definition) is 10. The van der Waals surface area contributed by atoms with E-state index in [1.807, 2.05) is 0 Å². The number of Topliss-reactive ketones (excluding diaryl/α,β-unsaturated/α-hetero) is 2. The first kappa shape index (κ1) is 26.0. The molecule has 204 valence electrons. The maximum absolute atomic E-state index is 13.7. The van der Waals surface area contributed by atoms with Crippen molar-refractivity contribution in [3.63, 3.8) is 0 Å². The molecule has 0 radical (unpaired) electrons. The summed E-state index contributed by atoms with van der Waals surface area (Å²) in [6, 6.07) is 4.53. The van der Waals surface area contributed by atoms with Crippen molar-refractivity contribution in [2.45, 2.75) is 31.4 Å². The second-order valence-corrected chi connectivity index (χ2v) is 10.00. The van der Waals surface area contributed by atoms with Crippen molar-refractivity contribution < 1.29 is 48.8 Å². The minimum atomic E-state index is -2.63. The number of primary amides is 1. The molecule has 2 aromatic rings. The van der Waals surface area contributed by atoms with Gasteiger partial charge in [0, 0.05) is 36.1 Å². The van der Waals surface area contributed by atoms with Crippen molar-refractivity contribution in [2.24, 2.45) is 17.6 Å². The van der Waals surface area contributed by atoms with E-state index in [0.29, 0.717) is 22.5 Å². The van der Waals surface area contributed by atoms with Crippen molar-refractivity contribution in [1.29, 1.82) is 0 Å². The Morgan fingerprint density at radius 3 is 2.56 bits per heavy atom. The van der Waals surface area contributed by atoms with Crippen LogP contribution in [0, 0.1) is 11.8 Å². The fourth-order valence-electron chi connectivity index (χ4n) is 6.00. The summed E-state index contributed by atoms with van der Waals surface area (Å²) in [6.07, 6.45) is 0.671. The summed E-state index contributed by atoms with van der Waals surface area (Å²) in [5, 5.41) is 43.5. The number of phenolic OH excluding ortho intramolecular Hbond substituents is 1. The first-order valence-corrected chi connectivity index (χ1v) is 12.1. The van der Waals surface area contributed by atoms with E-state index in [-0.39, 0.29) is 42.7 Å². The number of aliphatic hydroxyl groups is 3. The quantitative estimate of drug-likeness (QED) is 0.359. The van der Waals surface area contributed by atoms with Crippen LogP contribution >= 0.6 is 0 Å². The molecule has 0 fully saturated rings. The van der Waals surface area contributed by atoms with Gasteiger partial charge in [0.05, 0.1) is 25.5 Å². The molecule has 12 heteroatoms. The molecule has 5 rings (SSSR count). The number of allylic oxidation sites excluding steroid dienone is 2. The van der Waals surface area contributed by atoms with Gasteiger partial charge >= 0.3 is 6.09 Å². The number of methoxy groups -OCH3 is 1. The monoisotopic (exact) mass is 538 g/mol. The number of nitrogens with two attached hydrogens (primary N) is 1. The lowest BCUT2D eigenvalue weighted by molar-refractivity contribution is -0.144. The average molecular weight is 539 g/mol. The zero-order valence-corrected chi connectivity index (χ0v) is 21.1. The van der Waals surface area contributed by atoms with Crippen LogP contribution in [0.4, 0.5) is 4.79 Å². The number of aliphatic hydroxyl groups excluding tert-OH is 2. The summed E-state index contributed by atoms with van der Waals surface area (Å²) < 4.78 is 10.5. The van der Waals surface area contributed by atoms with Gasteiger partial charge in [0.2, 0.25) is 5.78 Å². The Hall–Kier alpha value is -4.58. The number of ketones is 2. The molecule has 2 amide bonds. The van der Waals surface area contributed by atoms with Gasteiger partial charge in [-0.25, -0.2) is 4.79 Å². The summed E-state index contributed by atoms with van der Waals surface area (Å²) >= 11 is 0. The molecule has 1 heterocycles. The van der Waals surface area contributed by atoms with Gasteiger partial charge < -0.3 is 40.2 Å². The first-order chi connectivity index (χ1) is 18.4. The number of furan rings is 1. The van der Waals surface area contributed by atoms with Crippen molar-refractivity contribution in [3.05, 3.63) is 63.8 Å². The van der Waals surface area contributed by atoms with Gasteiger partial charge in [-0.1, -0.05) is 0 Å². The number of carbonyl (C=O) groups excluding carboxylic acids is 4. The van der Waals surface area contributed by atoms with Crippen LogP contribution in [0.2, 0.25) is 0 Å². The molecule has 1 aromatic carbocycles. The maximum atomic E-state index is 13.7. The SMILES string of the molecule is COC(=O)N(C)Cc1ccoc1-c1ccc(O)c2c1C[C@H]1C[C@H]3CC(O)=C(C(N)=O)C(=O)[C@@]3(O)C(O)=C1C2=O. The molecule has 3 atom stereocenters. The van der Waals surface area contributed by atoms with E-state index in [0.717, 1.165) is 0 Å². The number of nitrogens with zero attached hydrogens (tertiary/aromatic N) is 1. The highest BCUT2D eigenvalue weighted by molar-refractivity contribution is 6.24. The Bertz CT molecular complexity index is 1520. The zero-order chi connectivity index (χ0) is 28.4. The molecule has 0 spiro atoms. The number of ether oxygens (including phenoxy) is 1. The van der Waals surface area contributed by atoms with Gasteiger partial charge in [0.1, 0.15) is 28.6 Å². The third kappa shape index (κ3) is 3.70. The number of rotatable bonds is 4. The van der Waals surface area contributed by atoms with Crippen LogP contribution in [-0.4, -0.2) is 68.7 Å². The number of carbonyl (C=O) groups is 4. The topological polar surface area (TPSA) is 201 Å². The van der Waals surface area contributed by atoms with Gasteiger partial charge in [-0.05, 0) is 42.5 Å². The van der Waals surface area contributed by atoms with Crippen molar-refractivity contribution in [3.8, 4) is 17.1 Å². The van der Waals surface area contributed by atoms with E-state index < -0.39 is 58.1 Å². The highest BCUT2D eigenvalue weighted by atomic mass is 16.5. The lowest BCUT2D eigenvalue weighted by Crippen LogP contribution is -2.57. The number of hydrogen-bond donors (Lipinski definition) is 5. The fourth-order valence-corrected chi connectivity index (χ4v) is 6.00. The molecule has 0 aliphatic heterocycles. The van der Waals surface area contributed by atoms with E-state index in [1.54, 1.807) is 19.2 Å². The molecule has 12 nitrogen and oxygen atoms in total. The van der Waals surface area contributed by atoms with Gasteiger partial charge in [-0.3, -0.25) is 14.4 Å². The Labute approximate surface area is 221 Å². The van der Waals surface area contributed by atoms with E-state index in [4.69, 9.17) is 14.9 Å². The van der Waals surface area contributed by atoms with Gasteiger partial charge in [0.25, 0.3) is 5.91 Å². The lowest BCUT2D eigenvalue weighted by Gasteiger charge is -2.45. The Morgan fingerprint density at radius 1 is 1.18 bits per heavy atom. The van der Waals surface area contributed by atoms with Crippen molar-refractivity contribution in [1.82, 2.24) is 4.90 Å². The second-order valence-electron chi connectivity index (χ2n) is 10.00. The number of fused-ring (bicyclic) bond motifs is 3. The third-order valence-electron chi connectivity index (χ3n) is 7.83. The van der Waals surface area contributed by atoms with Crippen LogP contribution in [-0.2, 0) is 27.3 Å². The largest absolute Gasteiger partial charge is 0.511 e. The second kappa shape index (κ2) is 9.02. The highest BCUT2D eigenvalue weighted by Gasteiger charge is 2.59. The standard InChI is InChI=1S/C27H26N2O10/c1-29(26(36)38-2)10-11-5-6-39-22(11)14-3-4-16(30)19-15(14)8-12-7-13-9-17(31)20(25(28)35)24(34)27(13,37)23(33)18(12)21(19)32/h3-6,12-13,30-31,33,37H,7-10H2,1-2H3,(H2,28,35)/t12-,13+,27+/m1/s1. The Kier molecular flexibility index (Phi) is 6.02. The third-order valence-corrected chi connectivity index (χ3v) is 7.83.